The molecule has 9 aromatic rings. The van der Waals surface area contributed by atoms with Crippen molar-refractivity contribution in [1.29, 1.82) is 0 Å². The molecule has 1 radical (unpaired) electrons. The number of rotatable bonds is 3. The molecule has 1 aliphatic heterocycles. The Bertz CT molecular complexity index is 3710. The summed E-state index contributed by atoms with van der Waals surface area (Å²) >= 11 is 0. The van der Waals surface area contributed by atoms with E-state index in [4.69, 9.17) is 0 Å². The number of nitrogens with one attached hydrogen (secondary N) is 1. The van der Waals surface area contributed by atoms with E-state index in [1.165, 1.54) is 127 Å². The Kier molecular flexibility index (Phi) is 8.17. The van der Waals surface area contributed by atoms with Gasteiger partial charge in [0.15, 0.2) is 7.28 Å². The van der Waals surface area contributed by atoms with Crippen LogP contribution in [0.5, 0.6) is 0 Å². The summed E-state index contributed by atoms with van der Waals surface area (Å²) in [5.74, 6) is 0. The van der Waals surface area contributed by atoms with Crippen LogP contribution in [0.15, 0.2) is 140 Å². The summed E-state index contributed by atoms with van der Waals surface area (Å²) in [5.41, 5.74) is 29.7. The minimum absolute atomic E-state index is 0.0213. The van der Waals surface area contributed by atoms with Gasteiger partial charge in [-0.15, -0.1) is 0 Å². The Morgan fingerprint density at radius 1 is 0.471 bits per heavy atom. The van der Waals surface area contributed by atoms with Crippen molar-refractivity contribution in [2.75, 3.05) is 5.32 Å². The average molecular weight is 880 g/mol. The number of fused-ring (bicyclic) bond motifs is 15. The molecular weight excluding hydrogens is 820 g/mol. The number of aromatic nitrogens is 1. The molecule has 3 aliphatic carbocycles. The third-order valence-electron chi connectivity index (χ3n) is 16.9. The van der Waals surface area contributed by atoms with Crippen molar-refractivity contribution in [2.24, 2.45) is 0 Å². The third kappa shape index (κ3) is 5.42. The van der Waals surface area contributed by atoms with Gasteiger partial charge in [-0.2, -0.15) is 0 Å². The molecule has 0 unspecified atom stereocenters. The minimum atomic E-state index is -0.305. The standard InChI is InChI=1S/C65H60BN2/c1-61(2,3)36-25-28-38(29-26-36)67-52-33-42-39-19-13-16-22-46(39)63(7,8)49(42)32-44(52)57-58-55(41-21-15-18-24-48(41)65(58,11)12)56-45-31-37(62(4,5)6)27-30-53(45)68-54-34-43-40-20-14-17-23-47(40)64(9,10)50(43)35-51(54)66-59(57)60(56)68/h13-35,67H,1-12H3. The van der Waals surface area contributed by atoms with Crippen LogP contribution in [-0.2, 0) is 27.1 Å². The fraction of sp³-hybridized carbons (Fsp3) is 0.262. The quantitative estimate of drug-likeness (QED) is 0.175. The minimum Gasteiger partial charge on any atom is -0.355 e. The zero-order valence-electron chi connectivity index (χ0n) is 41.8. The van der Waals surface area contributed by atoms with E-state index in [2.05, 4.69) is 240 Å². The molecule has 0 spiro atoms. The molecule has 13 rings (SSSR count). The van der Waals surface area contributed by atoms with E-state index in [0.29, 0.717) is 0 Å². The van der Waals surface area contributed by atoms with Gasteiger partial charge in [0.1, 0.15) is 0 Å². The molecule has 0 amide bonds. The second kappa shape index (κ2) is 13.4. The normalized spacial score (nSPS) is 16.1. The van der Waals surface area contributed by atoms with Crippen molar-refractivity contribution in [3.05, 3.63) is 184 Å². The van der Waals surface area contributed by atoms with Crippen molar-refractivity contribution >= 4 is 51.4 Å². The highest BCUT2D eigenvalue weighted by atomic mass is 15.0. The Labute approximate surface area is 403 Å². The van der Waals surface area contributed by atoms with Crippen LogP contribution in [0.2, 0.25) is 0 Å². The van der Waals surface area contributed by atoms with Crippen LogP contribution < -0.4 is 16.2 Å². The molecule has 0 saturated heterocycles. The van der Waals surface area contributed by atoms with Crippen LogP contribution in [0, 0.1) is 0 Å². The van der Waals surface area contributed by atoms with Crippen molar-refractivity contribution < 1.29 is 0 Å². The second-order valence-electron chi connectivity index (χ2n) is 24.1. The topological polar surface area (TPSA) is 17.0 Å². The molecule has 68 heavy (non-hydrogen) atoms. The number of anilines is 2. The van der Waals surface area contributed by atoms with Crippen LogP contribution in [-0.4, -0.2) is 11.8 Å². The van der Waals surface area contributed by atoms with E-state index in [0.717, 1.165) is 11.4 Å². The van der Waals surface area contributed by atoms with E-state index in [-0.39, 0.29) is 27.1 Å². The first-order valence-corrected chi connectivity index (χ1v) is 24.8. The van der Waals surface area contributed by atoms with Gasteiger partial charge in [0.2, 0.25) is 0 Å². The summed E-state index contributed by atoms with van der Waals surface area (Å²) in [4.78, 5) is 0. The van der Waals surface area contributed by atoms with E-state index < -0.39 is 0 Å². The van der Waals surface area contributed by atoms with Gasteiger partial charge in [0.25, 0.3) is 0 Å². The van der Waals surface area contributed by atoms with Crippen molar-refractivity contribution in [2.45, 2.75) is 110 Å². The molecule has 2 nitrogen and oxygen atoms in total. The lowest BCUT2D eigenvalue weighted by molar-refractivity contribution is 0.590. The summed E-state index contributed by atoms with van der Waals surface area (Å²) in [6.07, 6.45) is 0. The molecule has 0 fully saturated rings. The maximum absolute atomic E-state index is 4.11. The highest BCUT2D eigenvalue weighted by molar-refractivity contribution is 6.74. The zero-order chi connectivity index (χ0) is 47.2. The molecule has 1 aromatic heterocycles. The van der Waals surface area contributed by atoms with Gasteiger partial charge >= 0.3 is 0 Å². The van der Waals surface area contributed by atoms with Gasteiger partial charge in [0.05, 0.1) is 5.52 Å². The number of nitrogens with zero attached hydrogens (tertiary/aromatic N) is 1. The van der Waals surface area contributed by atoms with Crippen molar-refractivity contribution in [1.82, 2.24) is 4.57 Å². The van der Waals surface area contributed by atoms with E-state index in [1.807, 2.05) is 0 Å². The Balaban J connectivity index is 1.20. The molecule has 2 heterocycles. The van der Waals surface area contributed by atoms with Crippen LogP contribution in [0.25, 0.3) is 72.0 Å². The molecule has 0 bridgehead atoms. The highest BCUT2D eigenvalue weighted by Crippen LogP contribution is 2.59. The molecule has 1 N–H and O–H groups in total. The third-order valence-corrected chi connectivity index (χ3v) is 16.9. The van der Waals surface area contributed by atoms with Crippen molar-refractivity contribution in [3.8, 4) is 50.2 Å². The predicted octanol–water partition coefficient (Wildman–Crippen LogP) is 15.7. The van der Waals surface area contributed by atoms with Gasteiger partial charge in [0, 0.05) is 55.2 Å². The molecule has 0 saturated carbocycles. The van der Waals surface area contributed by atoms with Crippen LogP contribution >= 0.6 is 0 Å². The average Bonchev–Trinajstić information content (AvgIpc) is 3.92. The van der Waals surface area contributed by atoms with Gasteiger partial charge < -0.3 is 9.88 Å². The van der Waals surface area contributed by atoms with E-state index in [1.54, 1.807) is 0 Å². The van der Waals surface area contributed by atoms with Gasteiger partial charge in [-0.1, -0.05) is 186 Å². The SMILES string of the molecule is CC(C)(C)c1ccc(Nc2cc3c(cc2-c2c4c(c5c6cc(C(C)(C)C)ccc6n6c5c2[B]c2cc5c(cc2-6)-c2ccccc2C5(C)C)-c2ccccc2C4(C)C)C(C)(C)c2ccccc2-3)cc1. The largest absolute Gasteiger partial charge is 0.355 e. The van der Waals surface area contributed by atoms with Gasteiger partial charge in [-0.05, 0) is 142 Å². The molecule has 4 aliphatic rings. The van der Waals surface area contributed by atoms with E-state index >= 15 is 0 Å². The highest BCUT2D eigenvalue weighted by Gasteiger charge is 2.45. The lowest BCUT2D eigenvalue weighted by Crippen LogP contribution is -2.39. The maximum Gasteiger partial charge on any atom is 0.197 e. The Morgan fingerprint density at radius 2 is 1.01 bits per heavy atom. The van der Waals surface area contributed by atoms with Gasteiger partial charge in [-0.3, -0.25) is 0 Å². The Hall–Kier alpha value is -6.58. The van der Waals surface area contributed by atoms with Crippen LogP contribution in [0.3, 0.4) is 0 Å². The lowest BCUT2D eigenvalue weighted by atomic mass is 9.56. The predicted molar refractivity (Wildman–Crippen MR) is 291 cm³/mol. The number of hydrogen-bond acceptors (Lipinski definition) is 1. The maximum atomic E-state index is 4.11. The first-order valence-electron chi connectivity index (χ1n) is 24.8. The molecule has 0 atom stereocenters. The number of benzene rings is 8. The summed E-state index contributed by atoms with van der Waals surface area (Å²) < 4.78 is 2.67. The van der Waals surface area contributed by atoms with Gasteiger partial charge in [-0.25, -0.2) is 0 Å². The molecule has 8 aromatic carbocycles. The lowest BCUT2D eigenvalue weighted by Gasteiger charge is -2.32. The monoisotopic (exact) mass is 879 g/mol. The fourth-order valence-electron chi connectivity index (χ4n) is 13.2. The summed E-state index contributed by atoms with van der Waals surface area (Å²) in [6, 6.07) is 54.1. The summed E-state index contributed by atoms with van der Waals surface area (Å²) in [7, 11) is 2.59. The molecule has 333 valence electrons. The number of hydrogen-bond donors (Lipinski definition) is 1. The van der Waals surface area contributed by atoms with E-state index in [9.17, 15) is 0 Å². The second-order valence-corrected chi connectivity index (χ2v) is 24.1. The molecular formula is C65H60BN2. The van der Waals surface area contributed by atoms with Crippen LogP contribution in [0.4, 0.5) is 11.4 Å². The zero-order valence-corrected chi connectivity index (χ0v) is 41.8. The molecule has 3 heteroatoms. The summed E-state index contributed by atoms with van der Waals surface area (Å²) in [5, 5.41) is 6.80. The summed E-state index contributed by atoms with van der Waals surface area (Å²) in [6.45, 7) is 28.5. The fourth-order valence-corrected chi connectivity index (χ4v) is 13.2. The first kappa shape index (κ1) is 41.6. The van der Waals surface area contributed by atoms with Crippen LogP contribution in [0.1, 0.15) is 128 Å². The van der Waals surface area contributed by atoms with Crippen molar-refractivity contribution in [3.63, 3.8) is 0 Å². The smallest absolute Gasteiger partial charge is 0.197 e. The first-order chi connectivity index (χ1) is 32.3. The Morgan fingerprint density at radius 3 is 1.63 bits per heavy atom.